The van der Waals surface area contributed by atoms with Crippen LogP contribution >= 0.6 is 0 Å². The summed E-state index contributed by atoms with van der Waals surface area (Å²) in [6, 6.07) is 5.27. The van der Waals surface area contributed by atoms with Crippen LogP contribution in [-0.4, -0.2) is 28.2 Å². The smallest absolute Gasteiger partial charge is 0.311 e. The van der Waals surface area contributed by atoms with Crippen molar-refractivity contribution in [2.45, 2.75) is 19.3 Å². The van der Waals surface area contributed by atoms with Crippen molar-refractivity contribution in [3.63, 3.8) is 0 Å². The second-order valence-electron chi connectivity index (χ2n) is 4.51. The van der Waals surface area contributed by atoms with E-state index >= 15 is 0 Å². The van der Waals surface area contributed by atoms with Gasteiger partial charge in [-0.3, -0.25) is 19.7 Å². The highest BCUT2D eigenvalue weighted by molar-refractivity contribution is 5.79. The van der Waals surface area contributed by atoms with Crippen LogP contribution in [0.1, 0.15) is 19.3 Å². The number of nitrogens with zero attached hydrogens (tertiary/aromatic N) is 2. The van der Waals surface area contributed by atoms with Crippen LogP contribution in [0.4, 0.5) is 5.69 Å². The fourth-order valence-corrected chi connectivity index (χ4v) is 1.74. The van der Waals surface area contributed by atoms with Gasteiger partial charge < -0.3 is 9.64 Å². The predicted octanol–water partition coefficient (Wildman–Crippen LogP) is 2.03. The Bertz CT molecular complexity index is 580. The Hall–Kier alpha value is -2.70. The lowest BCUT2D eigenvalue weighted by atomic mass is 10.2. The summed E-state index contributed by atoms with van der Waals surface area (Å²) in [5.41, 5.74) is -0.0667. The number of carbonyl (C=O) groups is 2. The van der Waals surface area contributed by atoms with Crippen LogP contribution < -0.4 is 4.74 Å². The van der Waals surface area contributed by atoms with Gasteiger partial charge >= 0.3 is 5.97 Å². The number of rotatable bonds is 6. The first-order chi connectivity index (χ1) is 10.1. The molecule has 0 aromatic heterocycles. The molecule has 1 aliphatic rings. The van der Waals surface area contributed by atoms with Crippen molar-refractivity contribution in [3.8, 4) is 5.75 Å². The van der Waals surface area contributed by atoms with Crippen LogP contribution in [0.25, 0.3) is 0 Å². The number of hydrogen-bond acceptors (Lipinski definition) is 5. The highest BCUT2D eigenvalue weighted by atomic mass is 16.6. The summed E-state index contributed by atoms with van der Waals surface area (Å²) in [6.45, 7) is 0.631. The van der Waals surface area contributed by atoms with E-state index in [1.54, 1.807) is 11.1 Å². The molecule has 0 spiro atoms. The average Bonchev–Trinajstić information content (AvgIpc) is 2.37. The van der Waals surface area contributed by atoms with Gasteiger partial charge in [0.1, 0.15) is 5.75 Å². The molecule has 0 aliphatic carbocycles. The maximum atomic E-state index is 11.6. The van der Waals surface area contributed by atoms with Gasteiger partial charge in [-0.25, -0.2) is 0 Å². The van der Waals surface area contributed by atoms with E-state index in [-0.39, 0.29) is 23.8 Å². The van der Waals surface area contributed by atoms with Crippen molar-refractivity contribution in [3.05, 3.63) is 46.7 Å². The lowest BCUT2D eigenvalue weighted by Gasteiger charge is -2.22. The molecular formula is C14H14N2O5. The molecule has 0 N–H and O–H groups in total. The number of non-ortho nitro benzene ring substituents is 1. The topological polar surface area (TPSA) is 89.8 Å². The zero-order valence-corrected chi connectivity index (χ0v) is 11.2. The zero-order chi connectivity index (χ0) is 15.2. The van der Waals surface area contributed by atoms with Crippen LogP contribution in [0.2, 0.25) is 0 Å². The van der Waals surface area contributed by atoms with Crippen LogP contribution in [0.5, 0.6) is 5.75 Å². The van der Waals surface area contributed by atoms with E-state index < -0.39 is 10.9 Å². The standard InChI is InChI=1S/C14H14N2O5/c17-13(15-9-2-10-15)3-1-4-14(18)21-12-7-5-11(6-8-12)16(19)20/h2,5-9H,1,3-4,10H2. The van der Waals surface area contributed by atoms with E-state index in [4.69, 9.17) is 4.74 Å². The van der Waals surface area contributed by atoms with Gasteiger partial charge in [-0.2, -0.15) is 0 Å². The molecule has 0 atom stereocenters. The highest BCUT2D eigenvalue weighted by Gasteiger charge is 2.15. The van der Waals surface area contributed by atoms with E-state index in [1.165, 1.54) is 24.3 Å². The number of hydrogen-bond donors (Lipinski definition) is 0. The summed E-state index contributed by atoms with van der Waals surface area (Å²) in [5, 5.41) is 10.5. The van der Waals surface area contributed by atoms with Gasteiger partial charge in [0.05, 0.1) is 4.92 Å². The number of nitro benzene ring substituents is 1. The second kappa shape index (κ2) is 6.65. The van der Waals surface area contributed by atoms with E-state index in [9.17, 15) is 19.7 Å². The third kappa shape index (κ3) is 4.13. The van der Waals surface area contributed by atoms with Gasteiger partial charge in [0.2, 0.25) is 5.91 Å². The minimum absolute atomic E-state index is 0.0133. The Morgan fingerprint density at radius 2 is 1.90 bits per heavy atom. The van der Waals surface area contributed by atoms with Crippen molar-refractivity contribution in [1.29, 1.82) is 0 Å². The summed E-state index contributed by atoms with van der Waals surface area (Å²) >= 11 is 0. The van der Waals surface area contributed by atoms with Crippen LogP contribution in [0.15, 0.2) is 36.5 Å². The van der Waals surface area contributed by atoms with Gasteiger partial charge in [0, 0.05) is 37.7 Å². The first kappa shape index (κ1) is 14.7. The van der Waals surface area contributed by atoms with Gasteiger partial charge in [-0.1, -0.05) is 0 Å². The monoisotopic (exact) mass is 290 g/mol. The van der Waals surface area contributed by atoms with Crippen molar-refractivity contribution in [2.24, 2.45) is 0 Å². The fourth-order valence-electron chi connectivity index (χ4n) is 1.74. The summed E-state index contributed by atoms with van der Waals surface area (Å²) in [5.74, 6) is -0.223. The Morgan fingerprint density at radius 3 is 2.43 bits per heavy atom. The molecule has 1 heterocycles. The lowest BCUT2D eigenvalue weighted by molar-refractivity contribution is -0.384. The average molecular weight is 290 g/mol. The molecule has 1 aromatic rings. The normalized spacial score (nSPS) is 12.7. The molecule has 0 saturated heterocycles. The third-order valence-corrected chi connectivity index (χ3v) is 2.96. The maximum Gasteiger partial charge on any atom is 0.311 e. The fraction of sp³-hybridized carbons (Fsp3) is 0.286. The SMILES string of the molecule is O=C(CCCC(=O)N1C=CC1)Oc1ccc([N+](=O)[O-])cc1. The number of carbonyl (C=O) groups excluding carboxylic acids is 2. The summed E-state index contributed by atoms with van der Waals surface area (Å²) in [7, 11) is 0. The van der Waals surface area contributed by atoms with Gasteiger partial charge in [-0.15, -0.1) is 0 Å². The molecule has 1 aliphatic heterocycles. The first-order valence-corrected chi connectivity index (χ1v) is 6.47. The molecule has 0 saturated carbocycles. The lowest BCUT2D eigenvalue weighted by Crippen LogP contribution is -2.31. The molecule has 7 nitrogen and oxygen atoms in total. The van der Waals surface area contributed by atoms with Gasteiger partial charge in [0.25, 0.3) is 5.69 Å². The molecule has 1 amide bonds. The maximum absolute atomic E-state index is 11.6. The minimum atomic E-state index is -0.526. The quantitative estimate of drug-likeness (QED) is 0.346. The van der Waals surface area contributed by atoms with Crippen molar-refractivity contribution in [1.82, 2.24) is 4.90 Å². The zero-order valence-electron chi connectivity index (χ0n) is 11.2. The van der Waals surface area contributed by atoms with Gasteiger partial charge in [0.15, 0.2) is 0 Å². The summed E-state index contributed by atoms with van der Waals surface area (Å²) in [4.78, 5) is 34.6. The largest absolute Gasteiger partial charge is 0.427 e. The first-order valence-electron chi connectivity index (χ1n) is 6.47. The number of amides is 1. The molecule has 21 heavy (non-hydrogen) atoms. The Labute approximate surface area is 121 Å². The van der Waals surface area contributed by atoms with Crippen LogP contribution in [0, 0.1) is 10.1 Å². The number of benzene rings is 1. The molecule has 0 radical (unpaired) electrons. The molecule has 2 rings (SSSR count). The van der Waals surface area contributed by atoms with Crippen LogP contribution in [-0.2, 0) is 9.59 Å². The van der Waals surface area contributed by atoms with E-state index in [0.29, 0.717) is 19.4 Å². The Balaban J connectivity index is 1.72. The number of esters is 1. The predicted molar refractivity (Wildman–Crippen MR) is 73.4 cm³/mol. The molecule has 7 heteroatoms. The second-order valence-corrected chi connectivity index (χ2v) is 4.51. The Kier molecular flexibility index (Phi) is 4.65. The van der Waals surface area contributed by atoms with Crippen molar-refractivity contribution < 1.29 is 19.2 Å². The molecule has 0 unspecified atom stereocenters. The molecular weight excluding hydrogens is 276 g/mol. The van der Waals surface area contributed by atoms with E-state index in [0.717, 1.165) is 0 Å². The number of nitro groups is 1. The van der Waals surface area contributed by atoms with Crippen LogP contribution in [0.3, 0.4) is 0 Å². The highest BCUT2D eigenvalue weighted by Crippen LogP contribution is 2.18. The molecule has 1 aromatic carbocycles. The molecule has 0 fully saturated rings. The summed E-state index contributed by atoms with van der Waals surface area (Å²) < 4.78 is 5.03. The van der Waals surface area contributed by atoms with Gasteiger partial charge in [-0.05, 0) is 24.6 Å². The van der Waals surface area contributed by atoms with E-state index in [2.05, 4.69) is 0 Å². The molecule has 110 valence electrons. The minimum Gasteiger partial charge on any atom is -0.427 e. The third-order valence-electron chi connectivity index (χ3n) is 2.96. The Morgan fingerprint density at radius 1 is 1.24 bits per heavy atom. The van der Waals surface area contributed by atoms with Crippen molar-refractivity contribution >= 4 is 17.6 Å². The summed E-state index contributed by atoms with van der Waals surface area (Å²) in [6.07, 6.45) is 4.41. The van der Waals surface area contributed by atoms with Crippen molar-refractivity contribution in [2.75, 3.05) is 6.54 Å². The molecule has 0 bridgehead atoms. The van der Waals surface area contributed by atoms with E-state index in [1.807, 2.05) is 6.08 Å². The number of ether oxygens (including phenoxy) is 1.